The summed E-state index contributed by atoms with van der Waals surface area (Å²) in [6.45, 7) is 5.82. The number of carbonyl (C=O) groups is 3. The molecule has 0 unspecified atom stereocenters. The van der Waals surface area contributed by atoms with Gasteiger partial charge in [0.05, 0.1) is 6.04 Å². The van der Waals surface area contributed by atoms with Gasteiger partial charge in [0.15, 0.2) is 0 Å². The SMILES string of the molecule is CN[C@@H](C)C(=O)N[C@H](C(=O)N1C[C@@H](NC(C)=O)C[C@H]1C)C1CCCCC1. The average molecular weight is 367 g/mol. The van der Waals surface area contributed by atoms with Crippen molar-refractivity contribution < 1.29 is 14.4 Å². The lowest BCUT2D eigenvalue weighted by Crippen LogP contribution is -2.56. The quantitative estimate of drug-likeness (QED) is 0.648. The topological polar surface area (TPSA) is 90.5 Å². The summed E-state index contributed by atoms with van der Waals surface area (Å²) in [6, 6.07) is -0.761. The number of nitrogens with one attached hydrogen (secondary N) is 3. The van der Waals surface area contributed by atoms with E-state index in [1.165, 1.54) is 13.3 Å². The van der Waals surface area contributed by atoms with Crippen LogP contribution in [0.3, 0.4) is 0 Å². The second-order valence-corrected chi connectivity index (χ2v) is 7.87. The Balaban J connectivity index is 2.11. The molecule has 3 N–H and O–H groups in total. The summed E-state index contributed by atoms with van der Waals surface area (Å²) in [5, 5.41) is 8.86. The molecule has 1 aliphatic carbocycles. The smallest absolute Gasteiger partial charge is 0.245 e. The highest BCUT2D eigenvalue weighted by atomic mass is 16.2. The van der Waals surface area contributed by atoms with Gasteiger partial charge in [0.2, 0.25) is 17.7 Å². The van der Waals surface area contributed by atoms with Crippen molar-refractivity contribution >= 4 is 17.7 Å². The first-order chi connectivity index (χ1) is 12.3. The highest BCUT2D eigenvalue weighted by Crippen LogP contribution is 2.29. The summed E-state index contributed by atoms with van der Waals surface area (Å²) in [6.07, 6.45) is 6.11. The van der Waals surface area contributed by atoms with Gasteiger partial charge in [-0.3, -0.25) is 14.4 Å². The molecule has 2 aliphatic rings. The van der Waals surface area contributed by atoms with E-state index < -0.39 is 6.04 Å². The third kappa shape index (κ3) is 5.19. The zero-order chi connectivity index (χ0) is 19.3. The number of rotatable bonds is 6. The fourth-order valence-electron chi connectivity index (χ4n) is 4.17. The molecular weight excluding hydrogens is 332 g/mol. The van der Waals surface area contributed by atoms with Gasteiger partial charge >= 0.3 is 0 Å². The van der Waals surface area contributed by atoms with Crippen molar-refractivity contribution in [2.75, 3.05) is 13.6 Å². The lowest BCUT2D eigenvalue weighted by molar-refractivity contribution is -0.139. The summed E-state index contributed by atoms with van der Waals surface area (Å²) >= 11 is 0. The Morgan fingerprint density at radius 2 is 1.77 bits per heavy atom. The zero-order valence-electron chi connectivity index (χ0n) is 16.5. The van der Waals surface area contributed by atoms with Crippen LogP contribution in [0.25, 0.3) is 0 Å². The molecule has 148 valence electrons. The third-order valence-electron chi connectivity index (χ3n) is 5.78. The maximum Gasteiger partial charge on any atom is 0.245 e. The minimum Gasteiger partial charge on any atom is -0.352 e. The van der Waals surface area contributed by atoms with Gasteiger partial charge < -0.3 is 20.9 Å². The van der Waals surface area contributed by atoms with Crippen molar-refractivity contribution in [2.24, 2.45) is 5.92 Å². The lowest BCUT2D eigenvalue weighted by atomic mass is 9.83. The van der Waals surface area contributed by atoms with Gasteiger partial charge in [0.1, 0.15) is 6.04 Å². The van der Waals surface area contributed by atoms with E-state index in [-0.39, 0.29) is 41.8 Å². The Hall–Kier alpha value is -1.63. The van der Waals surface area contributed by atoms with Crippen molar-refractivity contribution in [3.63, 3.8) is 0 Å². The molecule has 4 atom stereocenters. The molecule has 0 aromatic heterocycles. The molecule has 2 rings (SSSR count). The first-order valence-corrected chi connectivity index (χ1v) is 9.88. The maximum absolute atomic E-state index is 13.3. The normalized spacial score (nSPS) is 26.2. The molecular formula is C19H34N4O3. The second-order valence-electron chi connectivity index (χ2n) is 7.87. The van der Waals surface area contributed by atoms with E-state index in [4.69, 9.17) is 0 Å². The molecule has 0 spiro atoms. The van der Waals surface area contributed by atoms with E-state index in [0.29, 0.717) is 6.54 Å². The van der Waals surface area contributed by atoms with Crippen LogP contribution >= 0.6 is 0 Å². The fraction of sp³-hybridized carbons (Fsp3) is 0.842. The summed E-state index contributed by atoms with van der Waals surface area (Å²) in [5.41, 5.74) is 0. The third-order valence-corrected chi connectivity index (χ3v) is 5.78. The molecule has 1 aliphatic heterocycles. The van der Waals surface area contributed by atoms with Gasteiger partial charge in [0, 0.05) is 25.6 Å². The average Bonchev–Trinajstić information content (AvgIpc) is 2.98. The first kappa shape index (κ1) is 20.7. The largest absolute Gasteiger partial charge is 0.352 e. The number of nitrogens with zero attached hydrogens (tertiary/aromatic N) is 1. The molecule has 0 radical (unpaired) electrons. The zero-order valence-corrected chi connectivity index (χ0v) is 16.5. The predicted octanol–water partition coefficient (Wildman–Crippen LogP) is 0.785. The van der Waals surface area contributed by atoms with Crippen molar-refractivity contribution in [1.82, 2.24) is 20.9 Å². The van der Waals surface area contributed by atoms with Gasteiger partial charge in [-0.25, -0.2) is 0 Å². The van der Waals surface area contributed by atoms with E-state index in [1.807, 2.05) is 11.8 Å². The highest BCUT2D eigenvalue weighted by Gasteiger charge is 2.40. The van der Waals surface area contributed by atoms with Gasteiger partial charge in [-0.2, -0.15) is 0 Å². The monoisotopic (exact) mass is 366 g/mol. The minimum atomic E-state index is -0.475. The van der Waals surface area contributed by atoms with Gasteiger partial charge in [-0.05, 0) is 46.1 Å². The van der Waals surface area contributed by atoms with Crippen molar-refractivity contribution in [3.05, 3.63) is 0 Å². The van der Waals surface area contributed by atoms with Crippen LogP contribution in [0.5, 0.6) is 0 Å². The molecule has 0 aromatic carbocycles. The van der Waals surface area contributed by atoms with E-state index in [1.54, 1.807) is 14.0 Å². The summed E-state index contributed by atoms with van der Waals surface area (Å²) in [4.78, 5) is 38.9. The maximum atomic E-state index is 13.3. The molecule has 3 amide bonds. The van der Waals surface area contributed by atoms with E-state index in [9.17, 15) is 14.4 Å². The number of hydrogen-bond donors (Lipinski definition) is 3. The molecule has 7 nitrogen and oxygen atoms in total. The number of likely N-dealkylation sites (tertiary alicyclic amines) is 1. The predicted molar refractivity (Wildman–Crippen MR) is 100 cm³/mol. The van der Waals surface area contributed by atoms with E-state index in [0.717, 1.165) is 32.1 Å². The summed E-state index contributed by atoms with van der Waals surface area (Å²) in [5.74, 6) is -0.0247. The number of amides is 3. The Morgan fingerprint density at radius 1 is 1.12 bits per heavy atom. The highest BCUT2D eigenvalue weighted by molar-refractivity contribution is 5.90. The van der Waals surface area contributed by atoms with E-state index >= 15 is 0 Å². The van der Waals surface area contributed by atoms with E-state index in [2.05, 4.69) is 16.0 Å². The summed E-state index contributed by atoms with van der Waals surface area (Å²) < 4.78 is 0. The Morgan fingerprint density at radius 3 is 2.35 bits per heavy atom. The van der Waals surface area contributed by atoms with Crippen LogP contribution in [0.4, 0.5) is 0 Å². The molecule has 0 bridgehead atoms. The van der Waals surface area contributed by atoms with Crippen molar-refractivity contribution in [3.8, 4) is 0 Å². The van der Waals surface area contributed by atoms with Crippen molar-refractivity contribution in [2.45, 2.75) is 83.5 Å². The van der Waals surface area contributed by atoms with Crippen LogP contribution in [-0.2, 0) is 14.4 Å². The molecule has 1 saturated carbocycles. The fourth-order valence-corrected chi connectivity index (χ4v) is 4.17. The molecule has 1 saturated heterocycles. The lowest BCUT2D eigenvalue weighted by Gasteiger charge is -2.34. The molecule has 1 heterocycles. The van der Waals surface area contributed by atoms with Gasteiger partial charge in [-0.15, -0.1) is 0 Å². The number of carbonyl (C=O) groups excluding carboxylic acids is 3. The first-order valence-electron chi connectivity index (χ1n) is 9.88. The molecule has 26 heavy (non-hydrogen) atoms. The van der Waals surface area contributed by atoms with Crippen LogP contribution in [0.15, 0.2) is 0 Å². The number of likely N-dealkylation sites (N-methyl/N-ethyl adjacent to an activating group) is 1. The van der Waals surface area contributed by atoms with Crippen LogP contribution < -0.4 is 16.0 Å². The molecule has 0 aromatic rings. The standard InChI is InChI=1S/C19H34N4O3/c1-12-10-16(21-14(3)24)11-23(12)19(26)17(15-8-6-5-7-9-15)22-18(25)13(2)20-4/h12-13,15-17,20H,5-11H2,1-4H3,(H,21,24)(H,22,25)/t12-,13+,16+,17+/m1/s1. The molecule has 2 fully saturated rings. The van der Waals surface area contributed by atoms with Crippen LogP contribution in [0.2, 0.25) is 0 Å². The Kier molecular flexibility index (Phi) is 7.43. The van der Waals surface area contributed by atoms with Gasteiger partial charge in [-0.1, -0.05) is 19.3 Å². The Labute approximate surface area is 156 Å². The van der Waals surface area contributed by atoms with Crippen LogP contribution in [0, 0.1) is 5.92 Å². The summed E-state index contributed by atoms with van der Waals surface area (Å²) in [7, 11) is 1.74. The molecule has 7 heteroatoms. The second kappa shape index (κ2) is 9.35. The number of hydrogen-bond acceptors (Lipinski definition) is 4. The van der Waals surface area contributed by atoms with Crippen LogP contribution in [0.1, 0.15) is 59.3 Å². The minimum absolute atomic E-state index is 0.00564. The van der Waals surface area contributed by atoms with Crippen LogP contribution in [-0.4, -0.2) is 60.4 Å². The Bertz CT molecular complexity index is 519. The van der Waals surface area contributed by atoms with Gasteiger partial charge in [0.25, 0.3) is 0 Å². The van der Waals surface area contributed by atoms with Crippen molar-refractivity contribution in [1.29, 1.82) is 0 Å².